The van der Waals surface area contributed by atoms with Crippen molar-refractivity contribution in [2.75, 3.05) is 37.9 Å². The highest BCUT2D eigenvalue weighted by molar-refractivity contribution is 7.89. The molecule has 0 aromatic heterocycles. The predicted octanol–water partition coefficient (Wildman–Crippen LogP) is 2.15. The van der Waals surface area contributed by atoms with E-state index in [2.05, 4.69) is 5.32 Å². The van der Waals surface area contributed by atoms with Gasteiger partial charge in [0.2, 0.25) is 15.9 Å². The van der Waals surface area contributed by atoms with Crippen molar-refractivity contribution < 1.29 is 17.6 Å². The molecule has 0 aliphatic carbocycles. The first kappa shape index (κ1) is 18.9. The van der Waals surface area contributed by atoms with Gasteiger partial charge in [-0.3, -0.25) is 4.79 Å². The van der Waals surface area contributed by atoms with Gasteiger partial charge in [0.25, 0.3) is 0 Å². The number of hydrogen-bond acceptors (Lipinski definition) is 4. The molecule has 2 aromatic rings. The van der Waals surface area contributed by atoms with Gasteiger partial charge in [0.05, 0.1) is 11.4 Å². The first-order valence-corrected chi connectivity index (χ1v) is 8.93. The average molecular weight is 365 g/mol. The van der Waals surface area contributed by atoms with E-state index in [-0.39, 0.29) is 11.4 Å². The number of halogens is 1. The van der Waals surface area contributed by atoms with E-state index in [9.17, 15) is 17.6 Å². The highest BCUT2D eigenvalue weighted by Gasteiger charge is 2.23. The maximum absolute atomic E-state index is 12.9. The van der Waals surface area contributed by atoms with Crippen molar-refractivity contribution in [2.45, 2.75) is 4.90 Å². The van der Waals surface area contributed by atoms with Gasteiger partial charge in [0, 0.05) is 32.5 Å². The summed E-state index contributed by atoms with van der Waals surface area (Å²) < 4.78 is 38.6. The van der Waals surface area contributed by atoms with Crippen molar-refractivity contribution in [1.82, 2.24) is 4.31 Å². The van der Waals surface area contributed by atoms with Crippen LogP contribution in [0.15, 0.2) is 53.4 Å². The highest BCUT2D eigenvalue weighted by Crippen LogP contribution is 2.17. The molecule has 0 saturated heterocycles. The maximum Gasteiger partial charge on any atom is 0.243 e. The Balaban J connectivity index is 2.02. The lowest BCUT2D eigenvalue weighted by Gasteiger charge is -2.17. The fraction of sp³-hybridized carbons (Fsp3) is 0.235. The van der Waals surface area contributed by atoms with Crippen LogP contribution in [0, 0.1) is 5.82 Å². The number of nitrogens with one attached hydrogen (secondary N) is 1. The summed E-state index contributed by atoms with van der Waals surface area (Å²) >= 11 is 0. The van der Waals surface area contributed by atoms with Crippen LogP contribution in [0.5, 0.6) is 0 Å². The third-order valence-electron chi connectivity index (χ3n) is 3.56. The molecular formula is C17H20FN3O3S. The van der Waals surface area contributed by atoms with Crippen molar-refractivity contribution in [2.24, 2.45) is 0 Å². The van der Waals surface area contributed by atoms with E-state index in [1.807, 2.05) is 31.1 Å². The first-order valence-electron chi connectivity index (χ1n) is 7.49. The van der Waals surface area contributed by atoms with Crippen molar-refractivity contribution in [3.63, 3.8) is 0 Å². The van der Waals surface area contributed by atoms with E-state index in [1.54, 1.807) is 12.1 Å². The van der Waals surface area contributed by atoms with E-state index in [0.29, 0.717) is 5.69 Å². The molecule has 0 fully saturated rings. The van der Waals surface area contributed by atoms with Crippen LogP contribution in [0.3, 0.4) is 0 Å². The molecule has 0 atom stereocenters. The topological polar surface area (TPSA) is 69.7 Å². The molecular weight excluding hydrogens is 345 g/mol. The number of rotatable bonds is 6. The second-order valence-corrected chi connectivity index (χ2v) is 7.75. The third-order valence-corrected chi connectivity index (χ3v) is 5.37. The molecule has 2 aromatic carbocycles. The molecule has 6 nitrogen and oxygen atoms in total. The molecule has 8 heteroatoms. The average Bonchev–Trinajstić information content (AvgIpc) is 2.55. The largest absolute Gasteiger partial charge is 0.378 e. The molecule has 134 valence electrons. The summed E-state index contributed by atoms with van der Waals surface area (Å²) in [5.74, 6) is -0.994. The minimum atomic E-state index is -3.86. The molecule has 0 aliphatic heterocycles. The first-order chi connectivity index (χ1) is 11.7. The van der Waals surface area contributed by atoms with Crippen LogP contribution in [0.4, 0.5) is 15.8 Å². The second kappa shape index (κ2) is 7.62. The lowest BCUT2D eigenvalue weighted by molar-refractivity contribution is -0.116. The summed E-state index contributed by atoms with van der Waals surface area (Å²) in [6.45, 7) is -0.352. The van der Waals surface area contributed by atoms with Crippen LogP contribution in [-0.2, 0) is 14.8 Å². The predicted molar refractivity (Wildman–Crippen MR) is 95.6 cm³/mol. The molecule has 2 rings (SSSR count). The van der Waals surface area contributed by atoms with E-state index >= 15 is 0 Å². The van der Waals surface area contributed by atoms with Gasteiger partial charge in [-0.25, -0.2) is 12.8 Å². The lowest BCUT2D eigenvalue weighted by Crippen LogP contribution is -2.34. The molecule has 0 bridgehead atoms. The Morgan fingerprint density at radius 2 is 1.56 bits per heavy atom. The van der Waals surface area contributed by atoms with E-state index < -0.39 is 21.7 Å². The third kappa shape index (κ3) is 4.77. The van der Waals surface area contributed by atoms with Crippen LogP contribution in [0.25, 0.3) is 0 Å². The molecule has 0 radical (unpaired) electrons. The molecule has 0 aliphatic rings. The second-order valence-electron chi connectivity index (χ2n) is 5.70. The number of sulfonamides is 1. The zero-order chi connectivity index (χ0) is 18.6. The van der Waals surface area contributed by atoms with Crippen LogP contribution in [0.2, 0.25) is 0 Å². The number of carbonyl (C=O) groups excluding carboxylic acids is 1. The Kier molecular flexibility index (Phi) is 5.76. The number of anilines is 2. The van der Waals surface area contributed by atoms with E-state index in [0.717, 1.165) is 22.1 Å². The Morgan fingerprint density at radius 1 is 1.00 bits per heavy atom. The zero-order valence-corrected chi connectivity index (χ0v) is 15.0. The van der Waals surface area contributed by atoms with Crippen molar-refractivity contribution in [1.29, 1.82) is 0 Å². The Morgan fingerprint density at radius 3 is 2.08 bits per heavy atom. The van der Waals surface area contributed by atoms with Gasteiger partial charge in [-0.2, -0.15) is 4.31 Å². The Hall–Kier alpha value is -2.45. The zero-order valence-electron chi connectivity index (χ0n) is 14.2. The fourth-order valence-electron chi connectivity index (χ4n) is 2.12. The quantitative estimate of drug-likeness (QED) is 0.852. The van der Waals surface area contributed by atoms with Crippen LogP contribution in [-0.4, -0.2) is 46.3 Å². The lowest BCUT2D eigenvalue weighted by atomic mass is 10.2. The number of amides is 1. The van der Waals surface area contributed by atoms with Gasteiger partial charge >= 0.3 is 0 Å². The smallest absolute Gasteiger partial charge is 0.243 e. The van der Waals surface area contributed by atoms with Gasteiger partial charge in [-0.05, 0) is 48.5 Å². The van der Waals surface area contributed by atoms with Gasteiger partial charge in [-0.15, -0.1) is 0 Å². The van der Waals surface area contributed by atoms with Crippen molar-refractivity contribution in [3.8, 4) is 0 Å². The molecule has 1 amide bonds. The van der Waals surface area contributed by atoms with Crippen molar-refractivity contribution >= 4 is 27.3 Å². The molecule has 0 heterocycles. The Labute approximate surface area is 146 Å². The van der Waals surface area contributed by atoms with E-state index in [1.165, 1.54) is 19.2 Å². The van der Waals surface area contributed by atoms with E-state index in [4.69, 9.17) is 0 Å². The SMILES string of the molecule is CN(C)c1ccc(NC(=O)CN(C)S(=O)(=O)c2ccc(F)cc2)cc1. The number of nitrogens with zero attached hydrogens (tertiary/aromatic N) is 2. The summed E-state index contributed by atoms with van der Waals surface area (Å²) in [6, 6.07) is 11.6. The Bertz CT molecular complexity index is 834. The van der Waals surface area contributed by atoms with Crippen LogP contribution < -0.4 is 10.2 Å². The molecule has 1 N–H and O–H groups in total. The summed E-state index contributed by atoms with van der Waals surface area (Å²) in [5, 5.41) is 2.65. The minimum absolute atomic E-state index is 0.0699. The number of hydrogen-bond donors (Lipinski definition) is 1. The maximum atomic E-state index is 12.9. The van der Waals surface area contributed by atoms with Gasteiger partial charge in [-0.1, -0.05) is 0 Å². The number of likely N-dealkylation sites (N-methyl/N-ethyl adjacent to an activating group) is 1. The standard InChI is InChI=1S/C17H20FN3O3S/c1-20(2)15-8-6-14(7-9-15)19-17(22)12-21(3)25(23,24)16-10-4-13(18)5-11-16/h4-11H,12H2,1-3H3,(H,19,22). The van der Waals surface area contributed by atoms with Crippen LogP contribution >= 0.6 is 0 Å². The monoisotopic (exact) mass is 365 g/mol. The summed E-state index contributed by atoms with van der Waals surface area (Å²) in [4.78, 5) is 13.9. The van der Waals surface area contributed by atoms with Gasteiger partial charge in [0.1, 0.15) is 5.82 Å². The normalized spacial score (nSPS) is 11.4. The molecule has 0 spiro atoms. The summed E-state index contributed by atoms with van der Waals surface area (Å²) in [5.41, 5.74) is 1.55. The van der Waals surface area contributed by atoms with Crippen LogP contribution in [0.1, 0.15) is 0 Å². The molecule has 25 heavy (non-hydrogen) atoms. The molecule has 0 unspecified atom stereocenters. The number of benzene rings is 2. The number of carbonyl (C=O) groups is 1. The van der Waals surface area contributed by atoms with Crippen molar-refractivity contribution in [3.05, 3.63) is 54.3 Å². The summed E-state index contributed by atoms with van der Waals surface area (Å²) in [7, 11) is 1.25. The fourth-order valence-corrected chi connectivity index (χ4v) is 3.24. The van der Waals surface area contributed by atoms with Gasteiger partial charge < -0.3 is 10.2 Å². The minimum Gasteiger partial charge on any atom is -0.378 e. The highest BCUT2D eigenvalue weighted by atomic mass is 32.2. The summed E-state index contributed by atoms with van der Waals surface area (Å²) in [6.07, 6.45) is 0. The van der Waals surface area contributed by atoms with Gasteiger partial charge in [0.15, 0.2) is 0 Å². The molecule has 0 saturated carbocycles.